The van der Waals surface area contributed by atoms with Gasteiger partial charge >= 0.3 is 0 Å². The lowest BCUT2D eigenvalue weighted by Gasteiger charge is -2.29. The second kappa shape index (κ2) is 6.05. The fraction of sp³-hybridized carbons (Fsp3) is 0.300. The minimum Gasteiger partial charge on any atom is -0.332 e. The summed E-state index contributed by atoms with van der Waals surface area (Å²) in [5.74, 6) is 0.111. The van der Waals surface area contributed by atoms with Crippen LogP contribution in [0, 0.1) is 0 Å². The number of carbonyl (C=O) groups excluding carboxylic acids is 1. The third-order valence-electron chi connectivity index (χ3n) is 5.30. The number of hydrogen-bond donors (Lipinski definition) is 0. The molecule has 3 aromatic rings. The largest absolute Gasteiger partial charge is 0.332 e. The molecular weight excluding hydrogens is 326 g/mol. The molecule has 0 N–H and O–H groups in total. The van der Waals surface area contributed by atoms with E-state index in [9.17, 15) is 4.79 Å². The molecule has 0 radical (unpaired) electrons. The zero-order valence-corrected chi connectivity index (χ0v) is 14.3. The van der Waals surface area contributed by atoms with Crippen molar-refractivity contribution in [3.63, 3.8) is 0 Å². The lowest BCUT2D eigenvalue weighted by Crippen LogP contribution is -2.42. The van der Waals surface area contributed by atoms with Gasteiger partial charge in [0.1, 0.15) is 6.33 Å². The highest BCUT2D eigenvalue weighted by molar-refractivity contribution is 5.95. The van der Waals surface area contributed by atoms with Gasteiger partial charge in [-0.1, -0.05) is 30.3 Å². The molecule has 0 saturated heterocycles. The Balaban J connectivity index is 1.44. The summed E-state index contributed by atoms with van der Waals surface area (Å²) in [6.07, 6.45) is 5.64. The van der Waals surface area contributed by atoms with E-state index in [1.165, 1.54) is 17.5 Å². The number of fused-ring (bicyclic) bond motifs is 1. The van der Waals surface area contributed by atoms with Crippen molar-refractivity contribution in [3.8, 4) is 5.69 Å². The van der Waals surface area contributed by atoms with E-state index in [0.717, 1.165) is 31.4 Å². The maximum atomic E-state index is 13.4. The first-order chi connectivity index (χ1) is 12.8. The van der Waals surface area contributed by atoms with E-state index in [1.54, 1.807) is 4.68 Å². The molecule has 0 unspecified atom stereocenters. The zero-order valence-electron chi connectivity index (χ0n) is 14.3. The predicted octanol–water partition coefficient (Wildman–Crippen LogP) is 2.43. The number of benzene rings is 2. The molecule has 1 saturated carbocycles. The van der Waals surface area contributed by atoms with Crippen LogP contribution in [0.15, 0.2) is 54.9 Å². The van der Waals surface area contributed by atoms with Crippen LogP contribution in [0.1, 0.15) is 34.3 Å². The van der Waals surface area contributed by atoms with Gasteiger partial charge in [0.25, 0.3) is 5.91 Å². The molecule has 6 nitrogen and oxygen atoms in total. The van der Waals surface area contributed by atoms with Crippen molar-refractivity contribution < 1.29 is 4.79 Å². The molecule has 1 heterocycles. The Morgan fingerprint density at radius 3 is 2.42 bits per heavy atom. The number of amides is 1. The van der Waals surface area contributed by atoms with E-state index >= 15 is 0 Å². The van der Waals surface area contributed by atoms with Crippen LogP contribution in [-0.2, 0) is 12.8 Å². The second-order valence-electron chi connectivity index (χ2n) is 7.08. The smallest absolute Gasteiger partial charge is 0.254 e. The van der Waals surface area contributed by atoms with E-state index in [4.69, 9.17) is 0 Å². The summed E-state index contributed by atoms with van der Waals surface area (Å²) in [6, 6.07) is 16.7. The monoisotopic (exact) mass is 345 g/mol. The van der Waals surface area contributed by atoms with Gasteiger partial charge in [0.2, 0.25) is 0 Å². The number of tetrazole rings is 1. The SMILES string of the molecule is O=C(c1cccc(-n2cnnn2)c1)N(C1CC1)C1Cc2ccccc2C1. The van der Waals surface area contributed by atoms with Crippen molar-refractivity contribution in [2.75, 3.05) is 0 Å². The lowest BCUT2D eigenvalue weighted by atomic mass is 10.1. The summed E-state index contributed by atoms with van der Waals surface area (Å²) in [7, 11) is 0. The number of nitrogens with zero attached hydrogens (tertiary/aromatic N) is 5. The molecule has 5 rings (SSSR count). The van der Waals surface area contributed by atoms with Crippen molar-refractivity contribution in [3.05, 3.63) is 71.5 Å². The summed E-state index contributed by atoms with van der Waals surface area (Å²) in [5.41, 5.74) is 4.24. The van der Waals surface area contributed by atoms with Crippen LogP contribution in [0.3, 0.4) is 0 Å². The first-order valence-electron chi connectivity index (χ1n) is 9.02. The van der Waals surface area contributed by atoms with Crippen LogP contribution < -0.4 is 0 Å². The van der Waals surface area contributed by atoms with E-state index in [2.05, 4.69) is 44.7 Å². The molecule has 0 spiro atoms. The van der Waals surface area contributed by atoms with Crippen LogP contribution >= 0.6 is 0 Å². The number of rotatable bonds is 4. The van der Waals surface area contributed by atoms with Crippen LogP contribution in [0.5, 0.6) is 0 Å². The Morgan fingerprint density at radius 2 is 1.77 bits per heavy atom. The Labute approximate surface area is 151 Å². The molecule has 26 heavy (non-hydrogen) atoms. The van der Waals surface area contributed by atoms with Gasteiger partial charge in [0, 0.05) is 17.6 Å². The summed E-state index contributed by atoms with van der Waals surface area (Å²) < 4.78 is 1.57. The molecular formula is C20H19N5O. The fourth-order valence-electron chi connectivity index (χ4n) is 3.92. The quantitative estimate of drug-likeness (QED) is 0.728. The average Bonchev–Trinajstić information content (AvgIpc) is 3.19. The Morgan fingerprint density at radius 1 is 1.00 bits per heavy atom. The summed E-state index contributed by atoms with van der Waals surface area (Å²) in [4.78, 5) is 15.5. The minimum atomic E-state index is 0.111. The molecule has 2 aromatic carbocycles. The van der Waals surface area contributed by atoms with Crippen LogP contribution in [-0.4, -0.2) is 43.1 Å². The standard InChI is InChI=1S/C20H19N5O/c26-20(16-6-3-7-18(12-16)24-13-21-22-23-24)25(17-8-9-17)19-10-14-4-1-2-5-15(14)11-19/h1-7,12-13,17,19H,8-11H2. The first kappa shape index (κ1) is 15.3. The van der Waals surface area contributed by atoms with E-state index in [-0.39, 0.29) is 11.9 Å². The molecule has 1 fully saturated rings. The van der Waals surface area contributed by atoms with Gasteiger partial charge in [-0.15, -0.1) is 5.10 Å². The molecule has 0 aliphatic heterocycles. The molecule has 0 atom stereocenters. The van der Waals surface area contributed by atoms with Crippen molar-refractivity contribution in [2.45, 2.75) is 37.8 Å². The fourth-order valence-corrected chi connectivity index (χ4v) is 3.92. The van der Waals surface area contributed by atoms with Crippen molar-refractivity contribution in [1.29, 1.82) is 0 Å². The molecule has 1 amide bonds. The van der Waals surface area contributed by atoms with Gasteiger partial charge in [0.15, 0.2) is 0 Å². The normalized spacial score (nSPS) is 16.5. The lowest BCUT2D eigenvalue weighted by molar-refractivity contribution is 0.0667. The van der Waals surface area contributed by atoms with Gasteiger partial charge in [0.05, 0.1) is 5.69 Å². The third-order valence-corrected chi connectivity index (χ3v) is 5.30. The van der Waals surface area contributed by atoms with E-state index < -0.39 is 0 Å². The number of carbonyl (C=O) groups is 1. The zero-order chi connectivity index (χ0) is 17.5. The van der Waals surface area contributed by atoms with Gasteiger partial charge in [-0.2, -0.15) is 0 Å². The van der Waals surface area contributed by atoms with E-state index in [0.29, 0.717) is 11.6 Å². The highest BCUT2D eigenvalue weighted by Crippen LogP contribution is 2.35. The van der Waals surface area contributed by atoms with Crippen molar-refractivity contribution in [2.24, 2.45) is 0 Å². The van der Waals surface area contributed by atoms with Crippen molar-refractivity contribution >= 4 is 5.91 Å². The summed E-state index contributed by atoms with van der Waals surface area (Å²) in [5, 5.41) is 11.3. The third kappa shape index (κ3) is 2.67. The van der Waals surface area contributed by atoms with Crippen molar-refractivity contribution in [1.82, 2.24) is 25.1 Å². The van der Waals surface area contributed by atoms with Gasteiger partial charge in [-0.25, -0.2) is 4.68 Å². The van der Waals surface area contributed by atoms with Crippen LogP contribution in [0.25, 0.3) is 5.69 Å². The molecule has 1 aromatic heterocycles. The molecule has 130 valence electrons. The predicted molar refractivity (Wildman–Crippen MR) is 96.0 cm³/mol. The highest BCUT2D eigenvalue weighted by Gasteiger charge is 2.40. The molecule has 2 aliphatic rings. The Kier molecular flexibility index (Phi) is 3.55. The maximum absolute atomic E-state index is 13.4. The number of aromatic nitrogens is 4. The second-order valence-corrected chi connectivity index (χ2v) is 7.08. The maximum Gasteiger partial charge on any atom is 0.254 e. The first-order valence-corrected chi connectivity index (χ1v) is 9.02. The molecule has 2 aliphatic carbocycles. The summed E-state index contributed by atoms with van der Waals surface area (Å²) >= 11 is 0. The summed E-state index contributed by atoms with van der Waals surface area (Å²) in [6.45, 7) is 0. The molecule has 6 heteroatoms. The minimum absolute atomic E-state index is 0.111. The Hall–Kier alpha value is -3.02. The average molecular weight is 345 g/mol. The Bertz CT molecular complexity index is 923. The van der Waals surface area contributed by atoms with E-state index in [1.807, 2.05) is 24.3 Å². The van der Waals surface area contributed by atoms with Crippen LogP contribution in [0.4, 0.5) is 0 Å². The van der Waals surface area contributed by atoms with Gasteiger partial charge in [-0.05, 0) is 65.4 Å². The topological polar surface area (TPSA) is 63.9 Å². The number of hydrogen-bond acceptors (Lipinski definition) is 4. The van der Waals surface area contributed by atoms with Crippen LogP contribution in [0.2, 0.25) is 0 Å². The molecule has 0 bridgehead atoms. The highest BCUT2D eigenvalue weighted by atomic mass is 16.2. The van der Waals surface area contributed by atoms with Gasteiger partial charge in [-0.3, -0.25) is 4.79 Å². The van der Waals surface area contributed by atoms with Gasteiger partial charge < -0.3 is 4.90 Å².